The van der Waals surface area contributed by atoms with Crippen LogP contribution in [-0.2, 0) is 17.9 Å². The number of quaternary nitrogens is 2. The van der Waals surface area contributed by atoms with E-state index in [1.54, 1.807) is 11.0 Å². The van der Waals surface area contributed by atoms with Crippen molar-refractivity contribution in [3.63, 3.8) is 0 Å². The highest BCUT2D eigenvalue weighted by molar-refractivity contribution is 5.77. The Morgan fingerprint density at radius 1 is 1.07 bits per heavy atom. The van der Waals surface area contributed by atoms with Crippen LogP contribution in [0, 0.1) is 17.1 Å². The van der Waals surface area contributed by atoms with Crippen molar-refractivity contribution in [2.75, 3.05) is 39.3 Å². The van der Waals surface area contributed by atoms with Gasteiger partial charge in [0.25, 0.3) is 5.91 Å². The van der Waals surface area contributed by atoms with Crippen molar-refractivity contribution in [2.24, 2.45) is 0 Å². The molecule has 0 bridgehead atoms. The van der Waals surface area contributed by atoms with Crippen molar-refractivity contribution in [1.29, 1.82) is 5.26 Å². The van der Waals surface area contributed by atoms with Gasteiger partial charge < -0.3 is 14.7 Å². The van der Waals surface area contributed by atoms with Gasteiger partial charge in [-0.25, -0.2) is 4.39 Å². The number of nitriles is 1. The fourth-order valence-corrected chi connectivity index (χ4v) is 3.85. The summed E-state index contributed by atoms with van der Waals surface area (Å²) in [6, 6.07) is 16.4. The van der Waals surface area contributed by atoms with Gasteiger partial charge in [-0.15, -0.1) is 0 Å². The second kappa shape index (κ2) is 10.1. The molecule has 152 valence electrons. The van der Waals surface area contributed by atoms with Gasteiger partial charge in [0, 0.05) is 18.7 Å². The molecule has 1 amide bonds. The van der Waals surface area contributed by atoms with Gasteiger partial charge in [0.05, 0.1) is 11.6 Å². The Morgan fingerprint density at radius 2 is 1.76 bits per heavy atom. The van der Waals surface area contributed by atoms with Crippen LogP contribution in [0.4, 0.5) is 4.39 Å². The molecule has 2 aromatic carbocycles. The van der Waals surface area contributed by atoms with E-state index in [9.17, 15) is 9.18 Å². The number of carbonyl (C=O) groups is 1. The van der Waals surface area contributed by atoms with Gasteiger partial charge in [-0.1, -0.05) is 24.3 Å². The van der Waals surface area contributed by atoms with Crippen molar-refractivity contribution in [3.05, 3.63) is 71.0 Å². The molecule has 0 spiro atoms. The molecule has 0 saturated carbocycles. The summed E-state index contributed by atoms with van der Waals surface area (Å²) in [6.07, 6.45) is 0. The number of amides is 1. The maximum atomic E-state index is 13.4. The molecule has 29 heavy (non-hydrogen) atoms. The molecule has 2 aromatic rings. The smallest absolute Gasteiger partial charge is 0.278 e. The molecule has 1 aliphatic rings. The lowest BCUT2D eigenvalue weighted by Crippen LogP contribution is -3.28. The normalized spacial score (nSPS) is 18.8. The first-order valence-corrected chi connectivity index (χ1v) is 10.3. The van der Waals surface area contributed by atoms with Crippen LogP contribution >= 0.6 is 0 Å². The highest BCUT2D eigenvalue weighted by Gasteiger charge is 2.26. The van der Waals surface area contributed by atoms with E-state index >= 15 is 0 Å². The molecule has 6 heteroatoms. The summed E-state index contributed by atoms with van der Waals surface area (Å²) in [7, 11) is 0. The Balaban J connectivity index is 1.46. The summed E-state index contributed by atoms with van der Waals surface area (Å²) >= 11 is 0. The molecule has 5 nitrogen and oxygen atoms in total. The van der Waals surface area contributed by atoms with Crippen molar-refractivity contribution in [2.45, 2.75) is 20.0 Å². The molecule has 1 saturated heterocycles. The molecular formula is C23H29FN4O+2. The van der Waals surface area contributed by atoms with Gasteiger partial charge in [0.2, 0.25) is 0 Å². The van der Waals surface area contributed by atoms with Gasteiger partial charge in [-0.3, -0.25) is 4.79 Å². The van der Waals surface area contributed by atoms with Crippen LogP contribution < -0.4 is 9.80 Å². The van der Waals surface area contributed by atoms with Gasteiger partial charge in [-0.05, 0) is 36.8 Å². The van der Waals surface area contributed by atoms with E-state index in [1.807, 2.05) is 37.3 Å². The average molecular weight is 397 g/mol. The summed E-state index contributed by atoms with van der Waals surface area (Å²) < 4.78 is 13.4. The summed E-state index contributed by atoms with van der Waals surface area (Å²) in [5.74, 6) is -0.139. The SMILES string of the molecule is CCN(Cc1cccc(F)c1)C(=O)C[NH+]1CC[NH+](Cc2ccc(C#N)cc2)CC1. The number of carbonyl (C=O) groups excluding carboxylic acids is 1. The highest BCUT2D eigenvalue weighted by atomic mass is 19.1. The van der Waals surface area contributed by atoms with Crippen LogP contribution in [0.3, 0.4) is 0 Å². The van der Waals surface area contributed by atoms with E-state index in [0.717, 1.165) is 38.3 Å². The third-order valence-electron chi connectivity index (χ3n) is 5.60. The third-order valence-corrected chi connectivity index (χ3v) is 5.60. The molecule has 0 unspecified atom stereocenters. The van der Waals surface area contributed by atoms with E-state index in [-0.39, 0.29) is 11.7 Å². The standard InChI is InChI=1S/C23H27FN4O/c1-2-28(17-21-4-3-5-22(24)14-21)23(29)18-27-12-10-26(11-13-27)16-20-8-6-19(15-25)7-9-20/h3-9,14H,2,10-13,16-18H2,1H3/p+2. The molecule has 0 radical (unpaired) electrons. The Kier molecular flexibility index (Phi) is 7.34. The molecule has 0 aromatic heterocycles. The topological polar surface area (TPSA) is 53.0 Å². The largest absolute Gasteiger partial charge is 0.334 e. The number of likely N-dealkylation sites (N-methyl/N-ethyl adjacent to an activating group) is 1. The number of piperazine rings is 1. The highest BCUT2D eigenvalue weighted by Crippen LogP contribution is 2.07. The van der Waals surface area contributed by atoms with E-state index in [2.05, 4.69) is 6.07 Å². The fraction of sp³-hybridized carbons (Fsp3) is 0.391. The summed E-state index contributed by atoms with van der Waals surface area (Å²) in [5, 5.41) is 8.90. The van der Waals surface area contributed by atoms with Crippen molar-refractivity contribution < 1.29 is 19.0 Å². The number of benzene rings is 2. The zero-order valence-corrected chi connectivity index (χ0v) is 17.0. The lowest BCUT2D eigenvalue weighted by atomic mass is 10.1. The zero-order chi connectivity index (χ0) is 20.6. The number of nitrogens with zero attached hydrogens (tertiary/aromatic N) is 2. The lowest BCUT2D eigenvalue weighted by molar-refractivity contribution is -1.02. The van der Waals surface area contributed by atoms with Crippen LogP contribution in [-0.4, -0.2) is 50.1 Å². The predicted molar refractivity (Wildman–Crippen MR) is 109 cm³/mol. The van der Waals surface area contributed by atoms with Gasteiger partial charge >= 0.3 is 0 Å². The molecule has 3 rings (SSSR count). The quantitative estimate of drug-likeness (QED) is 0.694. The van der Waals surface area contributed by atoms with Gasteiger partial charge in [-0.2, -0.15) is 5.26 Å². The first kappa shape index (κ1) is 21.0. The van der Waals surface area contributed by atoms with Crippen LogP contribution in [0.2, 0.25) is 0 Å². The predicted octanol–water partition coefficient (Wildman–Crippen LogP) is 0.0295. The number of halogens is 1. The Bertz CT molecular complexity index is 854. The number of hydrogen-bond donors (Lipinski definition) is 2. The zero-order valence-electron chi connectivity index (χ0n) is 17.0. The minimum Gasteiger partial charge on any atom is -0.334 e. The van der Waals surface area contributed by atoms with Crippen molar-refractivity contribution in [3.8, 4) is 6.07 Å². The maximum Gasteiger partial charge on any atom is 0.278 e. The molecule has 0 aliphatic carbocycles. The molecule has 0 atom stereocenters. The van der Waals surface area contributed by atoms with Crippen molar-refractivity contribution >= 4 is 5.91 Å². The minimum atomic E-state index is -0.266. The van der Waals surface area contributed by atoms with E-state index in [4.69, 9.17) is 5.26 Å². The summed E-state index contributed by atoms with van der Waals surface area (Å²) in [5.41, 5.74) is 2.76. The Morgan fingerprint density at radius 3 is 2.38 bits per heavy atom. The van der Waals surface area contributed by atoms with E-state index in [0.29, 0.717) is 25.2 Å². The Labute approximate surface area is 171 Å². The first-order valence-electron chi connectivity index (χ1n) is 10.3. The lowest BCUT2D eigenvalue weighted by Gasteiger charge is -2.31. The fourth-order valence-electron chi connectivity index (χ4n) is 3.85. The first-order chi connectivity index (χ1) is 14.1. The molecule has 1 heterocycles. The van der Waals surface area contributed by atoms with Gasteiger partial charge in [0.15, 0.2) is 6.54 Å². The van der Waals surface area contributed by atoms with Crippen LogP contribution in [0.25, 0.3) is 0 Å². The van der Waals surface area contributed by atoms with Crippen LogP contribution in [0.15, 0.2) is 48.5 Å². The van der Waals surface area contributed by atoms with E-state index in [1.165, 1.54) is 27.5 Å². The van der Waals surface area contributed by atoms with Crippen molar-refractivity contribution in [1.82, 2.24) is 4.90 Å². The monoisotopic (exact) mass is 396 g/mol. The Hall–Kier alpha value is -2.75. The van der Waals surface area contributed by atoms with Gasteiger partial charge in [0.1, 0.15) is 38.5 Å². The minimum absolute atomic E-state index is 0.127. The van der Waals surface area contributed by atoms with Crippen LogP contribution in [0.5, 0.6) is 0 Å². The summed E-state index contributed by atoms with van der Waals surface area (Å²) in [4.78, 5) is 17.4. The maximum absolute atomic E-state index is 13.4. The molecule has 1 aliphatic heterocycles. The number of nitrogens with one attached hydrogen (secondary N) is 2. The number of hydrogen-bond acceptors (Lipinski definition) is 2. The third kappa shape index (κ3) is 6.11. The second-order valence-electron chi connectivity index (χ2n) is 7.70. The summed E-state index contributed by atoms with van der Waals surface area (Å²) in [6.45, 7) is 8.48. The molecular weight excluding hydrogens is 367 g/mol. The number of rotatable bonds is 7. The van der Waals surface area contributed by atoms with E-state index < -0.39 is 0 Å². The molecule has 1 fully saturated rings. The van der Waals surface area contributed by atoms with Crippen LogP contribution in [0.1, 0.15) is 23.6 Å². The molecule has 2 N–H and O–H groups in total. The second-order valence-corrected chi connectivity index (χ2v) is 7.70. The average Bonchev–Trinajstić information content (AvgIpc) is 2.74.